The second-order valence-corrected chi connectivity index (χ2v) is 8.79. The molecular formula is C21H25FN6O3. The van der Waals surface area contributed by atoms with Crippen LogP contribution in [-0.2, 0) is 0 Å². The molecule has 31 heavy (non-hydrogen) atoms. The minimum Gasteiger partial charge on any atom is -0.492 e. The van der Waals surface area contributed by atoms with Crippen LogP contribution in [0.15, 0.2) is 15.7 Å². The maximum Gasteiger partial charge on any atom is 0.350 e. The summed E-state index contributed by atoms with van der Waals surface area (Å²) in [6.07, 6.45) is 4.15. The summed E-state index contributed by atoms with van der Waals surface area (Å²) >= 11 is 0. The van der Waals surface area contributed by atoms with Gasteiger partial charge in [-0.3, -0.25) is 9.36 Å². The van der Waals surface area contributed by atoms with Crippen molar-refractivity contribution in [1.29, 1.82) is 5.26 Å². The quantitative estimate of drug-likeness (QED) is 0.495. The number of nitrogens with two attached hydrogens (primary N) is 1. The summed E-state index contributed by atoms with van der Waals surface area (Å²) in [5.41, 5.74) is -0.731. The molecular weight excluding hydrogens is 403 g/mol. The zero-order valence-electron chi connectivity index (χ0n) is 17.4. The first-order valence-electron chi connectivity index (χ1n) is 10.6. The molecule has 2 saturated carbocycles. The number of nitrogens with zero attached hydrogens (tertiary/aromatic N) is 4. The summed E-state index contributed by atoms with van der Waals surface area (Å²) < 4.78 is 22.9. The number of benzene rings is 1. The number of rotatable bonds is 7. The highest BCUT2D eigenvalue weighted by atomic mass is 19.1. The number of hydrogen-bond acceptors (Lipinski definition) is 7. The number of nitriles is 1. The Morgan fingerprint density at radius 2 is 2.06 bits per heavy atom. The summed E-state index contributed by atoms with van der Waals surface area (Å²) in [7, 11) is 1.43. The molecule has 0 unspecified atom stereocenters. The number of methoxy groups -OCH3 is 1. The molecule has 3 aliphatic rings. The Morgan fingerprint density at radius 3 is 2.65 bits per heavy atom. The van der Waals surface area contributed by atoms with Gasteiger partial charge in [0.15, 0.2) is 11.6 Å². The highest BCUT2D eigenvalue weighted by Gasteiger charge is 2.53. The van der Waals surface area contributed by atoms with Crippen LogP contribution >= 0.6 is 0 Å². The third-order valence-corrected chi connectivity index (χ3v) is 6.88. The van der Waals surface area contributed by atoms with Crippen molar-refractivity contribution in [2.24, 2.45) is 5.92 Å². The third kappa shape index (κ3) is 2.98. The van der Waals surface area contributed by atoms with Gasteiger partial charge in [-0.25, -0.2) is 9.18 Å². The maximum absolute atomic E-state index is 15.2. The van der Waals surface area contributed by atoms with Crippen molar-refractivity contribution in [3.05, 3.63) is 32.7 Å². The van der Waals surface area contributed by atoms with E-state index in [-0.39, 0.29) is 28.4 Å². The van der Waals surface area contributed by atoms with Gasteiger partial charge in [0.25, 0.3) is 5.56 Å². The van der Waals surface area contributed by atoms with E-state index in [1.807, 2.05) is 4.90 Å². The Morgan fingerprint density at radius 1 is 1.35 bits per heavy atom. The SMILES string of the molecule is COc1c(N2CC(C3(NCCC#N)CC3)C2)c(F)cc2c(=O)n(N)c(=O)n(C3CC3)c12. The van der Waals surface area contributed by atoms with Crippen LogP contribution in [0.5, 0.6) is 5.75 Å². The third-order valence-electron chi connectivity index (χ3n) is 6.88. The van der Waals surface area contributed by atoms with Crippen molar-refractivity contribution in [3.63, 3.8) is 0 Å². The lowest BCUT2D eigenvalue weighted by Gasteiger charge is -2.46. The van der Waals surface area contributed by atoms with E-state index >= 15 is 4.39 Å². The van der Waals surface area contributed by atoms with Crippen molar-refractivity contribution >= 4 is 16.6 Å². The Balaban J connectivity index is 1.54. The zero-order chi connectivity index (χ0) is 21.9. The van der Waals surface area contributed by atoms with E-state index in [4.69, 9.17) is 15.8 Å². The Kier molecular flexibility index (Phi) is 4.48. The summed E-state index contributed by atoms with van der Waals surface area (Å²) in [4.78, 5) is 27.2. The fourth-order valence-electron chi connectivity index (χ4n) is 4.84. The Bertz CT molecular complexity index is 1220. The summed E-state index contributed by atoms with van der Waals surface area (Å²) in [5.74, 6) is 5.67. The molecule has 2 heterocycles. The average molecular weight is 428 g/mol. The van der Waals surface area contributed by atoms with E-state index in [1.165, 1.54) is 17.7 Å². The number of hydrogen-bond donors (Lipinski definition) is 2. The largest absolute Gasteiger partial charge is 0.492 e. The topological polar surface area (TPSA) is 118 Å². The molecule has 0 radical (unpaired) electrons. The standard InChI is InChI=1S/C21H25FN6O3/c1-31-18-16-14(19(29)28(24)20(30)27(16)13-3-4-13)9-15(22)17(18)26-10-12(11-26)21(5-6-21)25-8-2-7-23/h9,12-13,25H,2-6,8,10-11,24H2,1H3. The first-order chi connectivity index (χ1) is 14.9. The smallest absolute Gasteiger partial charge is 0.350 e. The van der Waals surface area contributed by atoms with Gasteiger partial charge in [0, 0.05) is 43.6 Å². The van der Waals surface area contributed by atoms with Gasteiger partial charge >= 0.3 is 5.69 Å². The Hall–Kier alpha value is -3.06. The molecule has 1 aromatic carbocycles. The van der Waals surface area contributed by atoms with E-state index in [0.717, 1.165) is 25.7 Å². The average Bonchev–Trinajstić information content (AvgIpc) is 3.63. The molecule has 1 aliphatic heterocycles. The molecule has 5 rings (SSSR count). The lowest BCUT2D eigenvalue weighted by Crippen LogP contribution is -2.58. The van der Waals surface area contributed by atoms with Crippen LogP contribution < -0.4 is 32.0 Å². The highest BCUT2D eigenvalue weighted by molar-refractivity contribution is 5.91. The molecule has 0 atom stereocenters. The molecule has 0 spiro atoms. The summed E-state index contributed by atoms with van der Waals surface area (Å²) in [6.45, 7) is 1.93. The van der Waals surface area contributed by atoms with E-state index in [2.05, 4.69) is 11.4 Å². The van der Waals surface area contributed by atoms with Crippen molar-refractivity contribution in [3.8, 4) is 11.8 Å². The molecule has 2 aliphatic carbocycles. The Labute approximate surface area is 177 Å². The van der Waals surface area contributed by atoms with Gasteiger partial charge in [-0.1, -0.05) is 0 Å². The molecule has 0 amide bonds. The molecule has 0 bridgehead atoms. The molecule has 2 aromatic rings. The van der Waals surface area contributed by atoms with Gasteiger partial charge in [0.05, 0.1) is 18.6 Å². The normalized spacial score (nSPS) is 19.8. The fraction of sp³-hybridized carbons (Fsp3) is 0.571. The van der Waals surface area contributed by atoms with Crippen molar-refractivity contribution < 1.29 is 9.13 Å². The molecule has 164 valence electrons. The van der Waals surface area contributed by atoms with Crippen molar-refractivity contribution in [1.82, 2.24) is 14.6 Å². The van der Waals surface area contributed by atoms with Crippen LogP contribution in [0.2, 0.25) is 0 Å². The van der Waals surface area contributed by atoms with Crippen LogP contribution in [0.4, 0.5) is 10.1 Å². The number of nitrogens with one attached hydrogen (secondary N) is 1. The van der Waals surface area contributed by atoms with Crippen molar-refractivity contribution in [2.75, 3.05) is 37.5 Å². The molecule has 10 heteroatoms. The van der Waals surface area contributed by atoms with E-state index < -0.39 is 17.1 Å². The van der Waals surface area contributed by atoms with Gasteiger partial charge in [0.2, 0.25) is 0 Å². The number of halogens is 1. The lowest BCUT2D eigenvalue weighted by molar-refractivity contribution is 0.273. The van der Waals surface area contributed by atoms with Gasteiger partial charge in [0.1, 0.15) is 11.2 Å². The molecule has 3 N–H and O–H groups in total. The van der Waals surface area contributed by atoms with E-state index in [9.17, 15) is 9.59 Å². The van der Waals surface area contributed by atoms with Crippen molar-refractivity contribution in [2.45, 2.75) is 43.7 Å². The summed E-state index contributed by atoms with van der Waals surface area (Å²) in [6, 6.07) is 3.25. The first kappa shape index (κ1) is 19.9. The first-order valence-corrected chi connectivity index (χ1v) is 10.6. The molecule has 9 nitrogen and oxygen atoms in total. The van der Waals surface area contributed by atoms with E-state index in [0.29, 0.717) is 42.2 Å². The maximum atomic E-state index is 15.2. The molecule has 3 fully saturated rings. The molecule has 1 aromatic heterocycles. The highest BCUT2D eigenvalue weighted by Crippen LogP contribution is 2.50. The second kappa shape index (κ2) is 6.99. The minimum atomic E-state index is -0.735. The number of anilines is 1. The van der Waals surface area contributed by atoms with Crippen LogP contribution in [0.25, 0.3) is 10.9 Å². The number of ether oxygens (including phenoxy) is 1. The van der Waals surface area contributed by atoms with Crippen LogP contribution in [0, 0.1) is 23.1 Å². The number of fused-ring (bicyclic) bond motifs is 1. The van der Waals surface area contributed by atoms with Crippen LogP contribution in [-0.4, -0.2) is 41.5 Å². The number of aromatic nitrogens is 2. The van der Waals surface area contributed by atoms with Crippen LogP contribution in [0.3, 0.4) is 0 Å². The minimum absolute atomic E-state index is 0.0251. The lowest BCUT2D eigenvalue weighted by atomic mass is 9.88. The fourth-order valence-corrected chi connectivity index (χ4v) is 4.84. The monoisotopic (exact) mass is 428 g/mol. The van der Waals surface area contributed by atoms with Gasteiger partial charge in [-0.05, 0) is 31.7 Å². The summed E-state index contributed by atoms with van der Waals surface area (Å²) in [5, 5.41) is 12.3. The van der Waals surface area contributed by atoms with Gasteiger partial charge < -0.3 is 20.8 Å². The second-order valence-electron chi connectivity index (χ2n) is 8.79. The predicted molar refractivity (Wildman–Crippen MR) is 113 cm³/mol. The van der Waals surface area contributed by atoms with E-state index in [1.54, 1.807) is 0 Å². The van der Waals surface area contributed by atoms with Gasteiger partial charge in [-0.15, -0.1) is 0 Å². The van der Waals surface area contributed by atoms with Crippen LogP contribution in [0.1, 0.15) is 38.1 Å². The van der Waals surface area contributed by atoms with Gasteiger partial charge in [-0.2, -0.15) is 9.94 Å². The predicted octanol–water partition coefficient (Wildman–Crippen LogP) is 0.832. The molecule has 1 saturated heterocycles. The number of nitrogen functional groups attached to an aromatic ring is 1. The zero-order valence-corrected chi connectivity index (χ0v) is 17.4.